The highest BCUT2D eigenvalue weighted by molar-refractivity contribution is 7.86. The number of carbonyl (C=O) groups excluding carboxylic acids is 2. The van der Waals surface area contributed by atoms with Crippen molar-refractivity contribution in [3.05, 3.63) is 70.7 Å². The van der Waals surface area contributed by atoms with Crippen LogP contribution in [0.5, 0.6) is 0 Å². The number of benzene rings is 2. The van der Waals surface area contributed by atoms with Gasteiger partial charge in [-0.2, -0.15) is 8.42 Å². The summed E-state index contributed by atoms with van der Waals surface area (Å²) in [6, 6.07) is 14.0. The molecule has 0 heterocycles. The lowest BCUT2D eigenvalue weighted by atomic mass is 10.1. The molecule has 0 saturated carbocycles. The highest BCUT2D eigenvalue weighted by Gasteiger charge is 2.34. The zero-order valence-corrected chi connectivity index (χ0v) is 14.8. The van der Waals surface area contributed by atoms with E-state index in [-0.39, 0.29) is 10.6 Å². The van der Waals surface area contributed by atoms with Crippen molar-refractivity contribution in [2.45, 2.75) is 11.9 Å². The van der Waals surface area contributed by atoms with Crippen molar-refractivity contribution in [3.8, 4) is 0 Å². The van der Waals surface area contributed by atoms with Gasteiger partial charge in [0.2, 0.25) is 11.9 Å². The van der Waals surface area contributed by atoms with E-state index in [4.69, 9.17) is 15.8 Å². The molecule has 2 aromatic rings. The van der Waals surface area contributed by atoms with Crippen LogP contribution in [0.1, 0.15) is 15.9 Å². The van der Waals surface area contributed by atoms with Gasteiger partial charge in [0, 0.05) is 10.6 Å². The minimum Gasteiger partial charge on any atom is -0.467 e. The predicted molar refractivity (Wildman–Crippen MR) is 91.7 cm³/mol. The fraction of sp³-hybridized carbons (Fsp3) is 0.176. The molecule has 1 unspecified atom stereocenters. The first-order valence-corrected chi connectivity index (χ1v) is 9.10. The molecule has 0 saturated heterocycles. The van der Waals surface area contributed by atoms with Gasteiger partial charge in [0.05, 0.1) is 7.11 Å². The lowest BCUT2D eigenvalue weighted by Gasteiger charge is -2.15. The molecule has 0 aromatic heterocycles. The molecular weight excluding hydrogens is 368 g/mol. The monoisotopic (exact) mass is 382 g/mol. The van der Waals surface area contributed by atoms with Crippen LogP contribution in [0, 0.1) is 0 Å². The maximum absolute atomic E-state index is 12.5. The first-order chi connectivity index (χ1) is 11.8. The van der Waals surface area contributed by atoms with Crippen molar-refractivity contribution in [3.63, 3.8) is 0 Å². The lowest BCUT2D eigenvalue weighted by Crippen LogP contribution is -2.36. The molecule has 0 aliphatic heterocycles. The summed E-state index contributed by atoms with van der Waals surface area (Å²) < 4.78 is 33.8. The van der Waals surface area contributed by atoms with E-state index in [1.807, 2.05) is 0 Å². The molecule has 25 heavy (non-hydrogen) atoms. The summed E-state index contributed by atoms with van der Waals surface area (Å²) in [6.07, 6.45) is -1.93. The zero-order valence-electron chi connectivity index (χ0n) is 13.2. The van der Waals surface area contributed by atoms with Gasteiger partial charge in [0.15, 0.2) is 0 Å². The maximum Gasteiger partial charge on any atom is 0.344 e. The Kier molecular flexibility index (Phi) is 6.30. The molecule has 0 aliphatic rings. The van der Waals surface area contributed by atoms with E-state index in [1.54, 1.807) is 36.4 Å². The predicted octanol–water partition coefficient (Wildman–Crippen LogP) is 2.61. The molecule has 2 rings (SSSR count). The highest BCUT2D eigenvalue weighted by atomic mass is 35.5. The third-order valence-corrected chi connectivity index (χ3v) is 4.60. The molecule has 132 valence electrons. The molecule has 0 amide bonds. The molecule has 0 bridgehead atoms. The fourth-order valence-corrected chi connectivity index (χ4v) is 3.37. The molecule has 0 aliphatic carbocycles. The number of ketones is 1. The summed E-state index contributed by atoms with van der Waals surface area (Å²) in [6.45, 7) is 0. The highest BCUT2D eigenvalue weighted by Crippen LogP contribution is 2.17. The minimum absolute atomic E-state index is 0.0396. The number of Topliss-reactive ketones (excluding diaryl/α,β-unsaturated/α-hetero) is 1. The van der Waals surface area contributed by atoms with Gasteiger partial charge >= 0.3 is 5.97 Å². The Balaban J connectivity index is 2.25. The molecule has 0 spiro atoms. The first-order valence-electron chi connectivity index (χ1n) is 7.15. The number of carbonyl (C=O) groups is 2. The van der Waals surface area contributed by atoms with Crippen molar-refractivity contribution < 1.29 is 26.9 Å². The number of hydrogen-bond acceptors (Lipinski definition) is 6. The Morgan fingerprint density at radius 2 is 1.76 bits per heavy atom. The second-order valence-electron chi connectivity index (χ2n) is 5.06. The van der Waals surface area contributed by atoms with Gasteiger partial charge in [-0.05, 0) is 17.7 Å². The summed E-state index contributed by atoms with van der Waals surface area (Å²) in [4.78, 5) is 24.4. The smallest absolute Gasteiger partial charge is 0.344 e. The van der Waals surface area contributed by atoms with Gasteiger partial charge < -0.3 is 4.74 Å². The van der Waals surface area contributed by atoms with Crippen LogP contribution in [0.3, 0.4) is 0 Å². The van der Waals surface area contributed by atoms with Crippen molar-refractivity contribution in [2.75, 3.05) is 7.11 Å². The molecule has 0 fully saturated rings. The number of rotatable bonds is 7. The molecule has 0 radical (unpaired) electrons. The second kappa shape index (κ2) is 8.24. The van der Waals surface area contributed by atoms with E-state index >= 15 is 0 Å². The van der Waals surface area contributed by atoms with Crippen LogP contribution in [-0.2, 0) is 29.6 Å². The average Bonchev–Trinajstić information content (AvgIpc) is 2.59. The third kappa shape index (κ3) is 5.38. The summed E-state index contributed by atoms with van der Waals surface area (Å²) in [5, 5.41) is 0.265. The van der Waals surface area contributed by atoms with Crippen LogP contribution >= 0.6 is 11.6 Å². The van der Waals surface area contributed by atoms with Crippen molar-refractivity contribution >= 4 is 33.5 Å². The normalized spacial score (nSPS) is 12.4. The van der Waals surface area contributed by atoms with Crippen LogP contribution in [0.4, 0.5) is 0 Å². The summed E-state index contributed by atoms with van der Waals surface area (Å²) >= 11 is 5.82. The van der Waals surface area contributed by atoms with E-state index in [2.05, 4.69) is 4.74 Å². The number of halogens is 1. The van der Waals surface area contributed by atoms with E-state index in [0.717, 1.165) is 7.11 Å². The second-order valence-corrected chi connectivity index (χ2v) is 7.09. The Hall–Kier alpha value is -2.22. The van der Waals surface area contributed by atoms with E-state index in [9.17, 15) is 18.0 Å². The number of hydrogen-bond donors (Lipinski definition) is 0. The van der Waals surface area contributed by atoms with Gasteiger partial charge in [0.25, 0.3) is 10.1 Å². The summed E-state index contributed by atoms with van der Waals surface area (Å²) in [5.74, 6) is -2.45. The Morgan fingerprint density at radius 1 is 1.08 bits per heavy atom. The largest absolute Gasteiger partial charge is 0.467 e. The Labute approximate surface area is 150 Å². The van der Waals surface area contributed by atoms with Crippen molar-refractivity contribution in [1.82, 2.24) is 0 Å². The van der Waals surface area contributed by atoms with Gasteiger partial charge in [0.1, 0.15) is 5.75 Å². The standard InChI is InChI=1S/C17H15ClO6S/c1-23-17(20)16(15(19)13-8-5-9-14(18)10-13)24-25(21,22)11-12-6-3-2-4-7-12/h2-10,16H,11H2,1H3. The third-order valence-electron chi connectivity index (χ3n) is 3.19. The molecule has 6 nitrogen and oxygen atoms in total. The molecule has 2 aromatic carbocycles. The van der Waals surface area contributed by atoms with Gasteiger partial charge in [-0.25, -0.2) is 8.98 Å². The summed E-state index contributed by atoms with van der Waals surface area (Å²) in [5.41, 5.74) is 0.499. The van der Waals surface area contributed by atoms with Gasteiger partial charge in [-0.3, -0.25) is 4.79 Å². The van der Waals surface area contributed by atoms with Gasteiger partial charge in [-0.1, -0.05) is 54.1 Å². The minimum atomic E-state index is -4.21. The Bertz CT molecular complexity index is 864. The van der Waals surface area contributed by atoms with E-state index < -0.39 is 33.7 Å². The van der Waals surface area contributed by atoms with Crippen molar-refractivity contribution in [1.29, 1.82) is 0 Å². The fourth-order valence-electron chi connectivity index (χ4n) is 2.05. The van der Waals surface area contributed by atoms with Crippen LogP contribution < -0.4 is 0 Å². The van der Waals surface area contributed by atoms with Crippen LogP contribution in [0.15, 0.2) is 54.6 Å². The Morgan fingerprint density at radius 3 is 2.36 bits per heavy atom. The molecule has 8 heteroatoms. The maximum atomic E-state index is 12.5. The average molecular weight is 383 g/mol. The van der Waals surface area contributed by atoms with Crippen molar-refractivity contribution in [2.24, 2.45) is 0 Å². The zero-order chi connectivity index (χ0) is 18.4. The molecule has 1 atom stereocenters. The van der Waals surface area contributed by atoms with Gasteiger partial charge in [-0.15, -0.1) is 0 Å². The quantitative estimate of drug-likeness (QED) is 0.316. The topological polar surface area (TPSA) is 86.7 Å². The van der Waals surface area contributed by atoms with Crippen LogP contribution in [-0.4, -0.2) is 33.4 Å². The number of esters is 1. The van der Waals surface area contributed by atoms with Crippen LogP contribution in [0.25, 0.3) is 0 Å². The molecular formula is C17H15ClO6S. The lowest BCUT2D eigenvalue weighted by molar-refractivity contribution is -0.146. The van der Waals surface area contributed by atoms with Crippen LogP contribution in [0.2, 0.25) is 5.02 Å². The van der Waals surface area contributed by atoms with E-state index in [0.29, 0.717) is 5.56 Å². The molecule has 0 N–H and O–H groups in total. The number of methoxy groups -OCH3 is 1. The number of ether oxygens (including phenoxy) is 1. The SMILES string of the molecule is COC(=O)C(OS(=O)(=O)Cc1ccccc1)C(=O)c1cccc(Cl)c1. The summed E-state index contributed by atoms with van der Waals surface area (Å²) in [7, 11) is -3.17. The first kappa shape index (κ1) is 19.1. The van der Waals surface area contributed by atoms with E-state index in [1.165, 1.54) is 18.2 Å².